The van der Waals surface area contributed by atoms with E-state index in [1.54, 1.807) is 45.0 Å². The van der Waals surface area contributed by atoms with Gasteiger partial charge in [-0.15, -0.1) is 0 Å². The van der Waals surface area contributed by atoms with E-state index in [0.717, 1.165) is 10.4 Å². The second-order valence-corrected chi connectivity index (χ2v) is 12.1. The summed E-state index contributed by atoms with van der Waals surface area (Å²) in [5, 5.41) is 14.8. The number of nitro benzene ring substituents is 1. The van der Waals surface area contributed by atoms with Crippen LogP contribution in [0, 0.1) is 10.1 Å². The molecule has 0 saturated carbocycles. The van der Waals surface area contributed by atoms with Gasteiger partial charge in [-0.25, -0.2) is 8.42 Å². The number of sulfonamides is 1. The van der Waals surface area contributed by atoms with E-state index in [1.165, 1.54) is 47.4 Å². The van der Waals surface area contributed by atoms with Crippen molar-refractivity contribution in [2.45, 2.75) is 50.7 Å². The molecule has 0 aliphatic heterocycles. The van der Waals surface area contributed by atoms with Crippen LogP contribution in [-0.4, -0.2) is 48.7 Å². The molecule has 13 heteroatoms. The first-order valence-electron chi connectivity index (χ1n) is 12.7. The van der Waals surface area contributed by atoms with Crippen molar-refractivity contribution < 1.29 is 22.9 Å². The molecule has 0 radical (unpaired) electrons. The Balaban J connectivity index is 2.14. The van der Waals surface area contributed by atoms with Crippen LogP contribution in [0.25, 0.3) is 0 Å². The van der Waals surface area contributed by atoms with E-state index in [9.17, 15) is 28.1 Å². The van der Waals surface area contributed by atoms with Crippen molar-refractivity contribution in [3.63, 3.8) is 0 Å². The largest absolute Gasteiger partial charge is 0.352 e. The summed E-state index contributed by atoms with van der Waals surface area (Å²) in [4.78, 5) is 39.2. The zero-order chi connectivity index (χ0) is 30.3. The molecule has 10 nitrogen and oxygen atoms in total. The Morgan fingerprint density at radius 3 is 2.15 bits per heavy atom. The molecule has 0 spiro atoms. The Morgan fingerprint density at radius 2 is 1.59 bits per heavy atom. The minimum absolute atomic E-state index is 0.0909. The summed E-state index contributed by atoms with van der Waals surface area (Å²) < 4.78 is 28.4. The molecule has 0 heterocycles. The van der Waals surface area contributed by atoms with E-state index in [2.05, 4.69) is 5.32 Å². The van der Waals surface area contributed by atoms with Gasteiger partial charge in [0, 0.05) is 40.3 Å². The summed E-state index contributed by atoms with van der Waals surface area (Å²) in [5.74, 6) is -1.18. The molecule has 0 aromatic heterocycles. The molecule has 0 aliphatic rings. The fraction of sp³-hybridized carbons (Fsp3) is 0.286. The van der Waals surface area contributed by atoms with Crippen LogP contribution in [0.2, 0.25) is 10.0 Å². The summed E-state index contributed by atoms with van der Waals surface area (Å²) >= 11 is 12.8. The summed E-state index contributed by atoms with van der Waals surface area (Å²) in [6, 6.07) is 16.0. The van der Waals surface area contributed by atoms with Crippen LogP contribution < -0.4 is 9.62 Å². The topological polar surface area (TPSA) is 130 Å². The van der Waals surface area contributed by atoms with Crippen molar-refractivity contribution in [1.29, 1.82) is 0 Å². The number of carbonyl (C=O) groups excluding carboxylic acids is 2. The Kier molecular flexibility index (Phi) is 10.7. The standard InChI is InChI=1S/C28H30Cl2N4O6S/c1-4-26(28(36)31-19(2)3)32(17-23-24(29)14-9-15-25(23)30)27(35)18-33(20-10-8-11-21(16-20)34(37)38)41(39,40)22-12-6-5-7-13-22/h5-16,19,26H,4,17-18H2,1-3H3,(H,31,36). The average molecular weight is 622 g/mol. The van der Waals surface area contributed by atoms with Gasteiger partial charge in [0.15, 0.2) is 0 Å². The number of hydrogen-bond donors (Lipinski definition) is 1. The van der Waals surface area contributed by atoms with Crippen molar-refractivity contribution in [1.82, 2.24) is 10.2 Å². The van der Waals surface area contributed by atoms with Crippen LogP contribution in [0.4, 0.5) is 11.4 Å². The first kappa shape index (κ1) is 31.9. The zero-order valence-electron chi connectivity index (χ0n) is 22.7. The lowest BCUT2D eigenvalue weighted by atomic mass is 10.1. The predicted molar refractivity (Wildman–Crippen MR) is 158 cm³/mol. The molecule has 3 aromatic carbocycles. The van der Waals surface area contributed by atoms with Crippen LogP contribution in [0.5, 0.6) is 0 Å². The highest BCUT2D eigenvalue weighted by Crippen LogP contribution is 2.30. The van der Waals surface area contributed by atoms with Crippen LogP contribution >= 0.6 is 23.2 Å². The summed E-state index contributed by atoms with van der Waals surface area (Å²) in [6.07, 6.45) is 0.203. The molecule has 0 bridgehead atoms. The third-order valence-electron chi connectivity index (χ3n) is 6.15. The quantitative estimate of drug-likeness (QED) is 0.212. The van der Waals surface area contributed by atoms with Crippen LogP contribution in [0.1, 0.15) is 32.8 Å². The monoisotopic (exact) mass is 620 g/mol. The highest BCUT2D eigenvalue weighted by atomic mass is 35.5. The van der Waals surface area contributed by atoms with Gasteiger partial charge in [-0.05, 0) is 50.6 Å². The number of halogens is 2. The maximum atomic E-state index is 14.1. The second kappa shape index (κ2) is 13.8. The van der Waals surface area contributed by atoms with Gasteiger partial charge in [-0.2, -0.15) is 0 Å². The Hall–Kier alpha value is -3.67. The molecule has 0 aliphatic carbocycles. The number of non-ortho nitro benzene ring substituents is 1. The molecule has 3 rings (SSSR count). The highest BCUT2D eigenvalue weighted by molar-refractivity contribution is 7.92. The molecule has 3 aromatic rings. The van der Waals surface area contributed by atoms with Gasteiger partial charge in [0.2, 0.25) is 11.8 Å². The normalized spacial score (nSPS) is 12.0. The van der Waals surface area contributed by atoms with Gasteiger partial charge in [0.05, 0.1) is 15.5 Å². The molecule has 218 valence electrons. The number of anilines is 1. The van der Waals surface area contributed by atoms with Gasteiger partial charge in [-0.1, -0.05) is 60.5 Å². The van der Waals surface area contributed by atoms with Crippen molar-refractivity contribution in [3.8, 4) is 0 Å². The van der Waals surface area contributed by atoms with E-state index in [-0.39, 0.29) is 45.3 Å². The lowest BCUT2D eigenvalue weighted by Gasteiger charge is -2.34. The molecular weight excluding hydrogens is 591 g/mol. The summed E-state index contributed by atoms with van der Waals surface area (Å²) in [7, 11) is -4.38. The van der Waals surface area contributed by atoms with E-state index < -0.39 is 39.3 Å². The van der Waals surface area contributed by atoms with Crippen molar-refractivity contribution in [2.24, 2.45) is 0 Å². The van der Waals surface area contributed by atoms with Crippen LogP contribution in [0.15, 0.2) is 77.7 Å². The molecule has 41 heavy (non-hydrogen) atoms. The molecular formula is C28H30Cl2N4O6S. The van der Waals surface area contributed by atoms with Crippen molar-refractivity contribution in [3.05, 3.63) is 98.5 Å². The number of carbonyl (C=O) groups is 2. The molecule has 0 fully saturated rings. The number of nitro groups is 1. The summed E-state index contributed by atoms with van der Waals surface area (Å²) in [6.45, 7) is 4.33. The van der Waals surface area contributed by atoms with Gasteiger partial charge < -0.3 is 10.2 Å². The fourth-order valence-electron chi connectivity index (χ4n) is 4.16. The number of benzene rings is 3. The number of amides is 2. The summed E-state index contributed by atoms with van der Waals surface area (Å²) in [5.41, 5.74) is -0.0646. The SMILES string of the molecule is CCC(C(=O)NC(C)C)N(Cc1c(Cl)cccc1Cl)C(=O)CN(c1cccc([N+](=O)[O-])c1)S(=O)(=O)c1ccccc1. The second-order valence-electron chi connectivity index (χ2n) is 9.41. The maximum absolute atomic E-state index is 14.1. The van der Waals surface area contributed by atoms with E-state index in [4.69, 9.17) is 23.2 Å². The first-order valence-corrected chi connectivity index (χ1v) is 14.9. The Morgan fingerprint density at radius 1 is 0.976 bits per heavy atom. The molecule has 1 N–H and O–H groups in total. The van der Waals surface area contributed by atoms with Gasteiger partial charge in [0.1, 0.15) is 12.6 Å². The predicted octanol–water partition coefficient (Wildman–Crippen LogP) is 5.43. The molecule has 0 saturated heterocycles. The number of rotatable bonds is 12. The van der Waals surface area contributed by atoms with Crippen LogP contribution in [0.3, 0.4) is 0 Å². The average Bonchev–Trinajstić information content (AvgIpc) is 2.93. The molecule has 2 amide bonds. The third kappa shape index (κ3) is 7.75. The lowest BCUT2D eigenvalue weighted by Crippen LogP contribution is -2.53. The van der Waals surface area contributed by atoms with Crippen molar-refractivity contribution in [2.75, 3.05) is 10.8 Å². The molecule has 1 atom stereocenters. The van der Waals surface area contributed by atoms with E-state index in [1.807, 2.05) is 0 Å². The Labute approximate surface area is 249 Å². The number of nitrogens with zero attached hydrogens (tertiary/aromatic N) is 3. The Bertz CT molecular complexity index is 1500. The van der Waals surface area contributed by atoms with Crippen molar-refractivity contribution >= 4 is 56.4 Å². The zero-order valence-corrected chi connectivity index (χ0v) is 25.0. The minimum Gasteiger partial charge on any atom is -0.352 e. The smallest absolute Gasteiger partial charge is 0.271 e. The molecule has 1 unspecified atom stereocenters. The first-order chi connectivity index (χ1) is 19.4. The van der Waals surface area contributed by atoms with E-state index >= 15 is 0 Å². The van der Waals surface area contributed by atoms with Gasteiger partial charge >= 0.3 is 0 Å². The fourth-order valence-corrected chi connectivity index (χ4v) is 6.11. The number of hydrogen-bond acceptors (Lipinski definition) is 6. The lowest BCUT2D eigenvalue weighted by molar-refractivity contribution is -0.384. The number of nitrogens with one attached hydrogen (secondary N) is 1. The third-order valence-corrected chi connectivity index (χ3v) is 8.64. The highest BCUT2D eigenvalue weighted by Gasteiger charge is 2.34. The van der Waals surface area contributed by atoms with Gasteiger partial charge in [0.25, 0.3) is 15.7 Å². The maximum Gasteiger partial charge on any atom is 0.271 e. The van der Waals surface area contributed by atoms with Gasteiger partial charge in [-0.3, -0.25) is 24.0 Å². The van der Waals surface area contributed by atoms with Crippen LogP contribution in [-0.2, 0) is 26.2 Å². The minimum atomic E-state index is -4.38. The van der Waals surface area contributed by atoms with E-state index in [0.29, 0.717) is 5.56 Å².